The van der Waals surface area contributed by atoms with E-state index >= 15 is 0 Å². The van der Waals surface area contributed by atoms with Gasteiger partial charge in [0.1, 0.15) is 11.5 Å². The first-order chi connectivity index (χ1) is 16.3. The number of rotatable bonds is 5. The van der Waals surface area contributed by atoms with Crippen molar-refractivity contribution >= 4 is 34.2 Å². The van der Waals surface area contributed by atoms with E-state index in [0.29, 0.717) is 22.7 Å². The number of carbonyl (C=O) groups is 2. The van der Waals surface area contributed by atoms with Crippen LogP contribution >= 0.6 is 0 Å². The van der Waals surface area contributed by atoms with E-state index in [2.05, 4.69) is 22.8 Å². The Kier molecular flexibility index (Phi) is 6.49. The lowest BCUT2D eigenvalue weighted by atomic mass is 9.99. The normalized spacial score (nSPS) is 15.9. The summed E-state index contributed by atoms with van der Waals surface area (Å²) in [6, 6.07) is 9.54. The molecule has 178 valence electrons. The van der Waals surface area contributed by atoms with Gasteiger partial charge in [0, 0.05) is 36.8 Å². The van der Waals surface area contributed by atoms with E-state index in [0.717, 1.165) is 43.8 Å². The summed E-state index contributed by atoms with van der Waals surface area (Å²) in [4.78, 5) is 42.9. The Balaban J connectivity index is 1.47. The van der Waals surface area contributed by atoms with E-state index in [4.69, 9.17) is 0 Å². The van der Waals surface area contributed by atoms with Crippen molar-refractivity contribution in [2.45, 2.75) is 40.2 Å². The second kappa shape index (κ2) is 9.50. The number of aromatic nitrogens is 2. The maximum absolute atomic E-state index is 12.6. The summed E-state index contributed by atoms with van der Waals surface area (Å²) >= 11 is 0. The third-order valence-electron chi connectivity index (χ3n) is 6.24. The van der Waals surface area contributed by atoms with E-state index in [9.17, 15) is 19.7 Å². The topological polar surface area (TPSA) is 122 Å². The van der Waals surface area contributed by atoms with E-state index < -0.39 is 16.7 Å². The van der Waals surface area contributed by atoms with Gasteiger partial charge in [-0.1, -0.05) is 6.92 Å². The quantitative estimate of drug-likeness (QED) is 0.440. The number of nitrogens with one attached hydrogen (secondary N) is 2. The minimum Gasteiger partial charge on any atom is -0.366 e. The summed E-state index contributed by atoms with van der Waals surface area (Å²) in [5, 5.41) is 11.7. The fraction of sp³-hybridized carbons (Fsp3) is 0.375. The van der Waals surface area contributed by atoms with Crippen molar-refractivity contribution in [2.24, 2.45) is 5.92 Å². The lowest BCUT2D eigenvalue weighted by Gasteiger charge is -2.32. The first-order valence-corrected chi connectivity index (χ1v) is 11.4. The largest absolute Gasteiger partial charge is 0.366 e. The fourth-order valence-corrected chi connectivity index (χ4v) is 4.54. The Morgan fingerprint density at radius 2 is 1.82 bits per heavy atom. The molecule has 1 fully saturated rings. The van der Waals surface area contributed by atoms with E-state index in [1.54, 1.807) is 18.2 Å². The fourth-order valence-electron chi connectivity index (χ4n) is 4.54. The molecular formula is C24H28N6O4. The van der Waals surface area contributed by atoms with Gasteiger partial charge in [0.2, 0.25) is 0 Å². The average Bonchev–Trinajstić information content (AvgIpc) is 3.15. The molecule has 1 aromatic heterocycles. The van der Waals surface area contributed by atoms with E-state index in [-0.39, 0.29) is 11.3 Å². The Hall–Kier alpha value is -3.95. The van der Waals surface area contributed by atoms with E-state index in [1.807, 2.05) is 29.4 Å². The van der Waals surface area contributed by atoms with Crippen molar-refractivity contribution < 1.29 is 14.5 Å². The van der Waals surface area contributed by atoms with Crippen LogP contribution in [0.1, 0.15) is 53.2 Å². The molecule has 1 saturated heterocycles. The highest BCUT2D eigenvalue weighted by molar-refractivity contribution is 6.01. The lowest BCUT2D eigenvalue weighted by Crippen LogP contribution is -2.41. The molecular weight excluding hydrogens is 436 g/mol. The summed E-state index contributed by atoms with van der Waals surface area (Å²) in [5.41, 5.74) is 7.15. The molecule has 1 aliphatic heterocycles. The van der Waals surface area contributed by atoms with Gasteiger partial charge in [-0.05, 0) is 62.9 Å². The van der Waals surface area contributed by atoms with Gasteiger partial charge in [-0.25, -0.2) is 4.98 Å². The monoisotopic (exact) mass is 464 g/mol. The summed E-state index contributed by atoms with van der Waals surface area (Å²) in [5.74, 6) is 0.160. The first kappa shape index (κ1) is 23.2. The molecule has 0 radical (unpaired) electrons. The van der Waals surface area contributed by atoms with Gasteiger partial charge in [0.05, 0.1) is 16.0 Å². The summed E-state index contributed by atoms with van der Waals surface area (Å²) in [6.07, 6.45) is 2.06. The van der Waals surface area contributed by atoms with Crippen LogP contribution in [0, 0.1) is 23.0 Å². The van der Waals surface area contributed by atoms with Crippen molar-refractivity contribution in [2.75, 3.05) is 18.0 Å². The third-order valence-corrected chi connectivity index (χ3v) is 6.24. The second-order valence-electron chi connectivity index (χ2n) is 8.67. The van der Waals surface area contributed by atoms with Gasteiger partial charge in [-0.2, -0.15) is 0 Å². The Bertz CT molecular complexity index is 1270. The van der Waals surface area contributed by atoms with Crippen LogP contribution in [-0.2, 0) is 6.54 Å². The number of aryl methyl sites for hydroxylation is 2. The van der Waals surface area contributed by atoms with Crippen LogP contribution in [0.4, 0.5) is 11.4 Å². The van der Waals surface area contributed by atoms with Crippen molar-refractivity contribution in [3.8, 4) is 0 Å². The highest BCUT2D eigenvalue weighted by Gasteiger charge is 2.25. The van der Waals surface area contributed by atoms with Crippen LogP contribution in [0.3, 0.4) is 0 Å². The molecule has 0 aliphatic carbocycles. The number of hydrazine groups is 1. The van der Waals surface area contributed by atoms with Gasteiger partial charge >= 0.3 is 0 Å². The molecule has 10 nitrogen and oxygen atoms in total. The van der Waals surface area contributed by atoms with Gasteiger partial charge in [-0.3, -0.25) is 30.6 Å². The highest BCUT2D eigenvalue weighted by Crippen LogP contribution is 2.32. The number of hydrogen-bond donors (Lipinski definition) is 2. The molecule has 0 unspecified atom stereocenters. The summed E-state index contributed by atoms with van der Waals surface area (Å²) in [7, 11) is 0. The number of piperidine rings is 1. The number of nitrogens with zero attached hydrogens (tertiary/aromatic N) is 4. The van der Waals surface area contributed by atoms with Crippen molar-refractivity contribution in [3.63, 3.8) is 0 Å². The van der Waals surface area contributed by atoms with Crippen LogP contribution in [0.15, 0.2) is 36.4 Å². The second-order valence-corrected chi connectivity index (χ2v) is 8.67. The van der Waals surface area contributed by atoms with Crippen LogP contribution in [-0.4, -0.2) is 39.4 Å². The number of benzene rings is 2. The van der Waals surface area contributed by atoms with E-state index in [1.165, 1.54) is 12.1 Å². The molecule has 2 aromatic carbocycles. The molecule has 10 heteroatoms. The molecule has 3 aromatic rings. The number of carbonyl (C=O) groups excluding carboxylic acids is 2. The molecule has 0 spiro atoms. The van der Waals surface area contributed by atoms with Crippen molar-refractivity contribution in [1.29, 1.82) is 0 Å². The molecule has 1 atom stereocenters. The third kappa shape index (κ3) is 4.57. The average molecular weight is 465 g/mol. The lowest BCUT2D eigenvalue weighted by molar-refractivity contribution is -0.384. The number of nitro benzene ring substituents is 1. The first-order valence-electron chi connectivity index (χ1n) is 11.4. The molecule has 1 aliphatic rings. The maximum Gasteiger partial charge on any atom is 0.293 e. The summed E-state index contributed by atoms with van der Waals surface area (Å²) in [6.45, 7) is 8.30. The number of fused-ring (bicyclic) bond motifs is 1. The predicted molar refractivity (Wildman–Crippen MR) is 129 cm³/mol. The van der Waals surface area contributed by atoms with Crippen molar-refractivity contribution in [1.82, 2.24) is 20.4 Å². The minimum atomic E-state index is -0.637. The molecule has 2 heterocycles. The Labute approximate surface area is 197 Å². The molecule has 4 rings (SSSR count). The van der Waals surface area contributed by atoms with Gasteiger partial charge in [-0.15, -0.1) is 0 Å². The zero-order valence-electron chi connectivity index (χ0n) is 19.5. The zero-order valence-corrected chi connectivity index (χ0v) is 19.5. The van der Waals surface area contributed by atoms with Gasteiger partial charge < -0.3 is 9.47 Å². The number of nitro groups is 1. The number of imidazole rings is 1. The molecule has 34 heavy (non-hydrogen) atoms. The summed E-state index contributed by atoms with van der Waals surface area (Å²) < 4.78 is 2.04. The number of hydrogen-bond acceptors (Lipinski definition) is 6. The number of amides is 2. The molecule has 0 saturated carbocycles. The number of anilines is 1. The molecule has 0 bridgehead atoms. The zero-order chi connectivity index (χ0) is 24.4. The minimum absolute atomic E-state index is 0.0913. The SMILES string of the molecule is CCn1c(C)nc2cc(C(=O)NNC(=O)c3ccc(N4CCC[C@H](C)C4)c([N+](=O)[O-])c3)ccc21. The Morgan fingerprint density at radius 3 is 2.47 bits per heavy atom. The van der Waals surface area contributed by atoms with Gasteiger partial charge in [0.15, 0.2) is 0 Å². The predicted octanol–water partition coefficient (Wildman–Crippen LogP) is 3.58. The van der Waals surface area contributed by atoms with Gasteiger partial charge in [0.25, 0.3) is 17.5 Å². The van der Waals surface area contributed by atoms with Crippen molar-refractivity contribution in [3.05, 3.63) is 63.5 Å². The van der Waals surface area contributed by atoms with Crippen LogP contribution in [0.2, 0.25) is 0 Å². The highest BCUT2D eigenvalue weighted by atomic mass is 16.6. The standard InChI is InChI=1S/C24H28N6O4/c1-4-29-16(3)25-19-12-17(7-9-20(19)29)23(31)26-27-24(32)18-8-10-21(22(13-18)30(33)34)28-11-5-6-15(2)14-28/h7-10,12-13,15H,4-6,11,14H2,1-3H3,(H,26,31)(H,27,32)/t15-/m0/s1. The Morgan fingerprint density at radius 1 is 1.15 bits per heavy atom. The van der Waals surface area contributed by atoms with Crippen LogP contribution < -0.4 is 15.8 Å². The smallest absolute Gasteiger partial charge is 0.293 e. The molecule has 2 N–H and O–H groups in total. The van der Waals surface area contributed by atoms with Crippen LogP contribution in [0.25, 0.3) is 11.0 Å². The van der Waals surface area contributed by atoms with Crippen LogP contribution in [0.5, 0.6) is 0 Å². The molecule has 2 amide bonds. The maximum atomic E-state index is 12.6.